The van der Waals surface area contributed by atoms with E-state index >= 15 is 0 Å². The molecule has 1 aliphatic rings. The summed E-state index contributed by atoms with van der Waals surface area (Å²) in [6, 6.07) is 0. The molecule has 0 N–H and O–H groups in total. The number of rotatable bonds is 2. The van der Waals surface area contributed by atoms with Crippen molar-refractivity contribution in [1.82, 2.24) is 4.57 Å². The first kappa shape index (κ1) is 14.4. The van der Waals surface area contributed by atoms with Gasteiger partial charge in [0.25, 0.3) is 0 Å². The fourth-order valence-corrected chi connectivity index (χ4v) is 2.50. The van der Waals surface area contributed by atoms with Crippen LogP contribution in [0.2, 0.25) is 0 Å². The molecule has 5 nitrogen and oxygen atoms in total. The van der Waals surface area contributed by atoms with Crippen molar-refractivity contribution < 1.29 is 32.2 Å². The van der Waals surface area contributed by atoms with Crippen molar-refractivity contribution in [2.24, 2.45) is 0 Å². The summed E-state index contributed by atoms with van der Waals surface area (Å²) < 4.78 is 49.4. The molecular weight excluding hydrogens is 279 g/mol. The van der Waals surface area contributed by atoms with E-state index in [1.807, 2.05) is 0 Å². The van der Waals surface area contributed by atoms with Gasteiger partial charge in [-0.1, -0.05) is 0 Å². The number of hydrogen-bond acceptors (Lipinski definition) is 4. The monoisotopic (exact) mass is 291 g/mol. The van der Waals surface area contributed by atoms with E-state index in [0.29, 0.717) is 6.42 Å². The Balaban J connectivity index is 2.80. The number of ether oxygens (including phenoxy) is 2. The molecule has 0 aliphatic carbocycles. The van der Waals surface area contributed by atoms with E-state index in [1.54, 1.807) is 0 Å². The number of halogens is 3. The zero-order valence-corrected chi connectivity index (χ0v) is 10.8. The van der Waals surface area contributed by atoms with E-state index in [2.05, 4.69) is 9.47 Å². The van der Waals surface area contributed by atoms with Crippen LogP contribution in [0, 0.1) is 0 Å². The van der Waals surface area contributed by atoms with Gasteiger partial charge in [0, 0.05) is 12.2 Å². The van der Waals surface area contributed by atoms with Crippen LogP contribution >= 0.6 is 0 Å². The van der Waals surface area contributed by atoms with Gasteiger partial charge in [-0.2, -0.15) is 13.2 Å². The molecule has 110 valence electrons. The van der Waals surface area contributed by atoms with E-state index in [9.17, 15) is 22.8 Å². The number of carbonyl (C=O) groups excluding carboxylic acids is 2. The Morgan fingerprint density at radius 2 is 1.65 bits per heavy atom. The van der Waals surface area contributed by atoms with E-state index in [4.69, 9.17) is 0 Å². The van der Waals surface area contributed by atoms with Crippen LogP contribution in [0.3, 0.4) is 0 Å². The lowest BCUT2D eigenvalue weighted by molar-refractivity contribution is -0.143. The Hall–Kier alpha value is -1.99. The van der Waals surface area contributed by atoms with Gasteiger partial charge in [0.15, 0.2) is 0 Å². The molecule has 2 heterocycles. The van der Waals surface area contributed by atoms with E-state index in [1.165, 1.54) is 0 Å². The molecule has 2 rings (SSSR count). The van der Waals surface area contributed by atoms with Crippen molar-refractivity contribution in [3.63, 3.8) is 0 Å². The average Bonchev–Trinajstić information content (AvgIpc) is 2.94. The highest BCUT2D eigenvalue weighted by Crippen LogP contribution is 2.40. The standard InChI is InChI=1S/C12H12F3NO4/c1-19-10(17)7-6-4-3-5-16(6)9(12(13,14)15)8(7)11(18)20-2/h3-5H2,1-2H3. The first-order valence-electron chi connectivity index (χ1n) is 5.82. The second-order valence-corrected chi connectivity index (χ2v) is 4.28. The predicted molar refractivity (Wildman–Crippen MR) is 60.4 cm³/mol. The number of methoxy groups -OCH3 is 2. The maximum absolute atomic E-state index is 13.2. The van der Waals surface area contributed by atoms with Crippen LogP contribution in [-0.2, 0) is 28.6 Å². The summed E-state index contributed by atoms with van der Waals surface area (Å²) in [4.78, 5) is 23.4. The third-order valence-electron chi connectivity index (χ3n) is 3.21. The van der Waals surface area contributed by atoms with Crippen molar-refractivity contribution in [3.8, 4) is 0 Å². The normalized spacial score (nSPS) is 14.1. The van der Waals surface area contributed by atoms with Crippen molar-refractivity contribution in [2.45, 2.75) is 25.6 Å². The third kappa shape index (κ3) is 2.04. The van der Waals surface area contributed by atoms with Crippen LogP contribution in [0.15, 0.2) is 0 Å². The molecule has 1 aromatic rings. The molecule has 1 aromatic heterocycles. The number of carbonyl (C=O) groups is 2. The highest BCUT2D eigenvalue weighted by Gasteiger charge is 2.45. The molecule has 0 unspecified atom stereocenters. The van der Waals surface area contributed by atoms with Crippen LogP contribution < -0.4 is 0 Å². The van der Waals surface area contributed by atoms with Gasteiger partial charge in [0.1, 0.15) is 11.3 Å². The van der Waals surface area contributed by atoms with E-state index in [0.717, 1.165) is 18.8 Å². The third-order valence-corrected chi connectivity index (χ3v) is 3.21. The van der Waals surface area contributed by atoms with Crippen LogP contribution in [0.4, 0.5) is 13.2 Å². The summed E-state index contributed by atoms with van der Waals surface area (Å²) >= 11 is 0. The molecule has 0 saturated heterocycles. The molecule has 0 amide bonds. The molecular formula is C12H12F3NO4. The van der Waals surface area contributed by atoms with Crippen LogP contribution in [0.25, 0.3) is 0 Å². The first-order valence-corrected chi connectivity index (χ1v) is 5.82. The van der Waals surface area contributed by atoms with Gasteiger partial charge in [-0.15, -0.1) is 0 Å². The quantitative estimate of drug-likeness (QED) is 0.782. The van der Waals surface area contributed by atoms with Gasteiger partial charge in [0.2, 0.25) is 0 Å². The molecule has 0 spiro atoms. The lowest BCUT2D eigenvalue weighted by Crippen LogP contribution is -2.19. The fourth-order valence-electron chi connectivity index (χ4n) is 2.50. The van der Waals surface area contributed by atoms with Gasteiger partial charge < -0.3 is 14.0 Å². The lowest BCUT2D eigenvalue weighted by atomic mass is 10.1. The summed E-state index contributed by atoms with van der Waals surface area (Å²) in [5, 5.41) is 0. The van der Waals surface area contributed by atoms with Crippen molar-refractivity contribution in [1.29, 1.82) is 0 Å². The Labute approximate surface area is 112 Å². The smallest absolute Gasteiger partial charge is 0.432 e. The summed E-state index contributed by atoms with van der Waals surface area (Å²) in [6.45, 7) is 0.102. The maximum Gasteiger partial charge on any atom is 0.432 e. The molecule has 20 heavy (non-hydrogen) atoms. The van der Waals surface area contributed by atoms with E-state index in [-0.39, 0.29) is 24.2 Å². The van der Waals surface area contributed by atoms with Crippen molar-refractivity contribution in [3.05, 3.63) is 22.5 Å². The van der Waals surface area contributed by atoms with Crippen molar-refractivity contribution in [2.75, 3.05) is 14.2 Å². The second-order valence-electron chi connectivity index (χ2n) is 4.28. The van der Waals surface area contributed by atoms with Crippen LogP contribution in [-0.4, -0.2) is 30.7 Å². The molecule has 0 aromatic carbocycles. The lowest BCUT2D eigenvalue weighted by Gasteiger charge is -2.11. The summed E-state index contributed by atoms with van der Waals surface area (Å²) in [5.74, 6) is -2.16. The van der Waals surface area contributed by atoms with Crippen LogP contribution in [0.5, 0.6) is 0 Å². The number of aromatic nitrogens is 1. The molecule has 0 bridgehead atoms. The van der Waals surface area contributed by atoms with Crippen LogP contribution in [0.1, 0.15) is 38.5 Å². The molecule has 0 saturated carbocycles. The molecule has 0 fully saturated rings. The Morgan fingerprint density at radius 3 is 2.15 bits per heavy atom. The first-order chi connectivity index (χ1) is 9.32. The summed E-state index contributed by atoms with van der Waals surface area (Å²) in [6.07, 6.45) is -4.00. The SMILES string of the molecule is COC(=O)c1c(C(=O)OC)c(C(F)(F)F)n2c1CCC2. The van der Waals surface area contributed by atoms with Gasteiger partial charge in [-0.25, -0.2) is 9.59 Å². The molecule has 0 atom stereocenters. The Morgan fingerprint density at radius 1 is 1.10 bits per heavy atom. The Kier molecular flexibility index (Phi) is 3.49. The number of nitrogens with zero attached hydrogens (tertiary/aromatic N) is 1. The number of hydrogen-bond donors (Lipinski definition) is 0. The zero-order valence-electron chi connectivity index (χ0n) is 10.8. The molecule has 1 aliphatic heterocycles. The molecule has 0 radical (unpaired) electrons. The average molecular weight is 291 g/mol. The maximum atomic E-state index is 13.2. The topological polar surface area (TPSA) is 57.5 Å². The highest BCUT2D eigenvalue weighted by molar-refractivity contribution is 6.05. The number of esters is 2. The van der Waals surface area contributed by atoms with Gasteiger partial charge >= 0.3 is 18.1 Å². The fraction of sp³-hybridized carbons (Fsp3) is 0.500. The highest BCUT2D eigenvalue weighted by atomic mass is 19.4. The minimum absolute atomic E-state index is 0.102. The number of fused-ring (bicyclic) bond motifs is 1. The second kappa shape index (κ2) is 4.84. The minimum atomic E-state index is -4.76. The van der Waals surface area contributed by atoms with Gasteiger partial charge in [0.05, 0.1) is 19.8 Å². The predicted octanol–water partition coefficient (Wildman–Crippen LogP) is 2.03. The van der Waals surface area contributed by atoms with Crippen molar-refractivity contribution >= 4 is 11.9 Å². The summed E-state index contributed by atoms with van der Waals surface area (Å²) in [7, 11) is 2.02. The zero-order chi connectivity index (χ0) is 15.1. The number of alkyl halides is 3. The van der Waals surface area contributed by atoms with Gasteiger partial charge in [-0.05, 0) is 12.8 Å². The van der Waals surface area contributed by atoms with E-state index < -0.39 is 29.4 Å². The minimum Gasteiger partial charge on any atom is -0.465 e. The Bertz CT molecular complexity index is 574. The van der Waals surface area contributed by atoms with Gasteiger partial charge in [-0.3, -0.25) is 0 Å². The largest absolute Gasteiger partial charge is 0.465 e. The summed E-state index contributed by atoms with van der Waals surface area (Å²) in [5.41, 5.74) is -2.08. The molecule has 8 heteroatoms.